The SMILES string of the molecule is CN[C@H](C)CNC(=O)CC(C)(C)CO. The van der Waals surface area contributed by atoms with Gasteiger partial charge in [0.25, 0.3) is 0 Å². The maximum absolute atomic E-state index is 11.4. The van der Waals surface area contributed by atoms with E-state index in [9.17, 15) is 4.79 Å². The van der Waals surface area contributed by atoms with E-state index in [0.29, 0.717) is 13.0 Å². The summed E-state index contributed by atoms with van der Waals surface area (Å²) in [5, 5.41) is 14.8. The average molecular weight is 202 g/mol. The molecule has 0 bridgehead atoms. The normalized spacial score (nSPS) is 13.8. The van der Waals surface area contributed by atoms with Gasteiger partial charge >= 0.3 is 0 Å². The molecule has 0 unspecified atom stereocenters. The molecule has 0 spiro atoms. The highest BCUT2D eigenvalue weighted by Gasteiger charge is 2.20. The third kappa shape index (κ3) is 5.94. The Morgan fingerprint density at radius 1 is 1.50 bits per heavy atom. The van der Waals surface area contributed by atoms with Crippen molar-refractivity contribution in [3.8, 4) is 0 Å². The van der Waals surface area contributed by atoms with Crippen LogP contribution >= 0.6 is 0 Å². The predicted molar refractivity (Wildman–Crippen MR) is 57.0 cm³/mol. The summed E-state index contributed by atoms with van der Waals surface area (Å²) >= 11 is 0. The number of rotatable bonds is 6. The minimum absolute atomic E-state index is 0.00819. The van der Waals surface area contributed by atoms with Crippen molar-refractivity contribution in [1.29, 1.82) is 0 Å². The Kier molecular flexibility index (Phi) is 5.72. The lowest BCUT2D eigenvalue weighted by Gasteiger charge is -2.21. The first-order valence-electron chi connectivity index (χ1n) is 4.96. The Morgan fingerprint density at radius 3 is 2.50 bits per heavy atom. The molecule has 4 heteroatoms. The lowest BCUT2D eigenvalue weighted by atomic mass is 9.90. The zero-order chi connectivity index (χ0) is 11.2. The summed E-state index contributed by atoms with van der Waals surface area (Å²) in [4.78, 5) is 11.4. The lowest BCUT2D eigenvalue weighted by molar-refractivity contribution is -0.123. The van der Waals surface area contributed by atoms with Gasteiger partial charge in [-0.05, 0) is 19.4 Å². The standard InChI is InChI=1S/C10H22N2O2/c1-8(11-4)6-12-9(14)5-10(2,3)7-13/h8,11,13H,5-7H2,1-4H3,(H,12,14)/t8-/m1/s1. The van der Waals surface area contributed by atoms with Crippen molar-refractivity contribution in [1.82, 2.24) is 10.6 Å². The molecule has 84 valence electrons. The molecule has 0 radical (unpaired) electrons. The van der Waals surface area contributed by atoms with E-state index in [1.54, 1.807) is 0 Å². The second-order valence-corrected chi connectivity index (χ2v) is 4.49. The van der Waals surface area contributed by atoms with Crippen LogP contribution < -0.4 is 10.6 Å². The van der Waals surface area contributed by atoms with Crippen LogP contribution in [-0.4, -0.2) is 37.3 Å². The smallest absolute Gasteiger partial charge is 0.220 e. The third-order valence-electron chi connectivity index (χ3n) is 2.17. The maximum atomic E-state index is 11.4. The minimum atomic E-state index is -0.326. The van der Waals surface area contributed by atoms with E-state index in [1.165, 1.54) is 0 Å². The van der Waals surface area contributed by atoms with Gasteiger partial charge in [0.15, 0.2) is 0 Å². The number of hydrogen-bond acceptors (Lipinski definition) is 3. The van der Waals surface area contributed by atoms with Gasteiger partial charge in [0.05, 0.1) is 0 Å². The Bertz CT molecular complexity index is 181. The molecular formula is C10H22N2O2. The number of amides is 1. The summed E-state index contributed by atoms with van der Waals surface area (Å²) in [6, 6.07) is 0.274. The molecule has 0 saturated heterocycles. The summed E-state index contributed by atoms with van der Waals surface area (Å²) < 4.78 is 0. The van der Waals surface area contributed by atoms with Crippen molar-refractivity contribution in [3.63, 3.8) is 0 Å². The molecule has 0 aliphatic heterocycles. The summed E-state index contributed by atoms with van der Waals surface area (Å²) in [6.45, 7) is 6.39. The van der Waals surface area contributed by atoms with Crippen LogP contribution in [0, 0.1) is 5.41 Å². The van der Waals surface area contributed by atoms with E-state index < -0.39 is 0 Å². The highest BCUT2D eigenvalue weighted by molar-refractivity contribution is 5.76. The summed E-state index contributed by atoms with van der Waals surface area (Å²) in [5.41, 5.74) is -0.326. The predicted octanol–water partition coefficient (Wildman–Crippen LogP) is 0.119. The average Bonchev–Trinajstić information content (AvgIpc) is 2.13. The number of aliphatic hydroxyl groups is 1. The Hall–Kier alpha value is -0.610. The molecule has 1 atom stereocenters. The first kappa shape index (κ1) is 13.4. The Labute approximate surface area is 86.1 Å². The molecule has 4 nitrogen and oxygen atoms in total. The fraction of sp³-hybridized carbons (Fsp3) is 0.900. The molecule has 0 fully saturated rings. The van der Waals surface area contributed by atoms with Crippen LogP contribution in [0.2, 0.25) is 0 Å². The fourth-order valence-electron chi connectivity index (χ4n) is 0.922. The topological polar surface area (TPSA) is 61.4 Å². The van der Waals surface area contributed by atoms with Crippen LogP contribution in [0.25, 0.3) is 0 Å². The van der Waals surface area contributed by atoms with Gasteiger partial charge in [-0.3, -0.25) is 4.79 Å². The maximum Gasteiger partial charge on any atom is 0.220 e. The van der Waals surface area contributed by atoms with Crippen LogP contribution in [0.4, 0.5) is 0 Å². The molecule has 0 aromatic heterocycles. The van der Waals surface area contributed by atoms with Crippen molar-refractivity contribution in [2.75, 3.05) is 20.2 Å². The van der Waals surface area contributed by atoms with Crippen molar-refractivity contribution in [3.05, 3.63) is 0 Å². The van der Waals surface area contributed by atoms with Gasteiger partial charge in [-0.15, -0.1) is 0 Å². The van der Waals surface area contributed by atoms with Gasteiger partial charge in [-0.1, -0.05) is 13.8 Å². The number of carbonyl (C=O) groups excluding carboxylic acids is 1. The molecule has 0 rings (SSSR count). The van der Waals surface area contributed by atoms with Gasteiger partial charge in [-0.2, -0.15) is 0 Å². The van der Waals surface area contributed by atoms with Crippen molar-refractivity contribution >= 4 is 5.91 Å². The highest BCUT2D eigenvalue weighted by atomic mass is 16.3. The highest BCUT2D eigenvalue weighted by Crippen LogP contribution is 2.18. The minimum Gasteiger partial charge on any atom is -0.396 e. The van der Waals surface area contributed by atoms with Gasteiger partial charge in [0.1, 0.15) is 0 Å². The van der Waals surface area contributed by atoms with Crippen LogP contribution in [0.3, 0.4) is 0 Å². The van der Waals surface area contributed by atoms with Crippen molar-refractivity contribution in [2.45, 2.75) is 33.2 Å². The number of carbonyl (C=O) groups is 1. The van der Waals surface area contributed by atoms with Crippen LogP contribution in [0.5, 0.6) is 0 Å². The number of aliphatic hydroxyl groups excluding tert-OH is 1. The number of likely N-dealkylation sites (N-methyl/N-ethyl adjacent to an activating group) is 1. The molecule has 1 amide bonds. The van der Waals surface area contributed by atoms with E-state index in [-0.39, 0.29) is 24.0 Å². The number of nitrogens with one attached hydrogen (secondary N) is 2. The molecule has 14 heavy (non-hydrogen) atoms. The summed E-state index contributed by atoms with van der Waals surface area (Å²) in [7, 11) is 1.86. The first-order valence-corrected chi connectivity index (χ1v) is 4.96. The van der Waals surface area contributed by atoms with E-state index >= 15 is 0 Å². The van der Waals surface area contributed by atoms with E-state index in [0.717, 1.165) is 0 Å². The van der Waals surface area contributed by atoms with Gasteiger partial charge in [0, 0.05) is 25.6 Å². The first-order chi connectivity index (χ1) is 6.41. The van der Waals surface area contributed by atoms with Crippen LogP contribution in [0.1, 0.15) is 27.2 Å². The van der Waals surface area contributed by atoms with Crippen LogP contribution in [-0.2, 0) is 4.79 Å². The van der Waals surface area contributed by atoms with Crippen molar-refractivity contribution < 1.29 is 9.90 Å². The third-order valence-corrected chi connectivity index (χ3v) is 2.17. The molecule has 0 aromatic carbocycles. The van der Waals surface area contributed by atoms with E-state index in [2.05, 4.69) is 10.6 Å². The zero-order valence-electron chi connectivity index (χ0n) is 9.55. The zero-order valence-corrected chi connectivity index (χ0v) is 9.55. The van der Waals surface area contributed by atoms with Gasteiger partial charge < -0.3 is 15.7 Å². The summed E-state index contributed by atoms with van der Waals surface area (Å²) in [5.74, 6) is -0.00819. The Morgan fingerprint density at radius 2 is 2.07 bits per heavy atom. The second kappa shape index (κ2) is 5.98. The monoisotopic (exact) mass is 202 g/mol. The molecule has 0 aliphatic carbocycles. The largest absolute Gasteiger partial charge is 0.396 e. The van der Waals surface area contributed by atoms with Gasteiger partial charge in [0.2, 0.25) is 5.91 Å². The Balaban J connectivity index is 3.76. The molecule has 0 aromatic rings. The molecular weight excluding hydrogens is 180 g/mol. The van der Waals surface area contributed by atoms with Crippen molar-refractivity contribution in [2.24, 2.45) is 5.41 Å². The molecule has 3 N–H and O–H groups in total. The van der Waals surface area contributed by atoms with E-state index in [4.69, 9.17) is 5.11 Å². The fourth-order valence-corrected chi connectivity index (χ4v) is 0.922. The number of hydrogen-bond donors (Lipinski definition) is 3. The lowest BCUT2D eigenvalue weighted by Crippen LogP contribution is -2.39. The second-order valence-electron chi connectivity index (χ2n) is 4.49. The summed E-state index contributed by atoms with van der Waals surface area (Å²) in [6.07, 6.45) is 0.361. The molecule has 0 heterocycles. The van der Waals surface area contributed by atoms with E-state index in [1.807, 2.05) is 27.8 Å². The van der Waals surface area contributed by atoms with Crippen LogP contribution in [0.15, 0.2) is 0 Å². The van der Waals surface area contributed by atoms with Gasteiger partial charge in [-0.25, -0.2) is 0 Å². The molecule has 0 aliphatic rings. The molecule has 0 saturated carbocycles. The quantitative estimate of drug-likeness (QED) is 0.573.